The molecule has 1 spiro atoms. The Morgan fingerprint density at radius 1 is 1.05 bits per heavy atom. The molecule has 3 aliphatic heterocycles. The highest BCUT2D eigenvalue weighted by Crippen LogP contribution is 2.59. The van der Waals surface area contributed by atoms with Crippen molar-refractivity contribution in [1.29, 1.82) is 0 Å². The minimum Gasteiger partial charge on any atom is -0.494 e. The van der Waals surface area contributed by atoms with Gasteiger partial charge in [0.1, 0.15) is 17.4 Å². The molecule has 0 aromatic heterocycles. The van der Waals surface area contributed by atoms with Crippen LogP contribution in [-0.2, 0) is 19.1 Å². The van der Waals surface area contributed by atoms with Crippen molar-refractivity contribution in [3.05, 3.63) is 66.7 Å². The van der Waals surface area contributed by atoms with Crippen LogP contribution < -0.4 is 15.4 Å². The zero-order valence-corrected chi connectivity index (χ0v) is 22.5. The summed E-state index contributed by atoms with van der Waals surface area (Å²) in [6.45, 7) is 3.82. The highest BCUT2D eigenvalue weighted by atomic mass is 16.5. The van der Waals surface area contributed by atoms with Crippen LogP contribution in [0.2, 0.25) is 0 Å². The second kappa shape index (κ2) is 10.2. The maximum Gasteiger partial charge on any atom is 0.250 e. The van der Waals surface area contributed by atoms with E-state index in [2.05, 4.69) is 10.6 Å². The van der Waals surface area contributed by atoms with Gasteiger partial charge in [-0.2, -0.15) is 0 Å². The van der Waals surface area contributed by atoms with Crippen molar-refractivity contribution < 1.29 is 29.0 Å². The predicted octanol–water partition coefficient (Wildman–Crippen LogP) is 3.57. The lowest BCUT2D eigenvalue weighted by molar-refractivity contribution is -0.142. The third-order valence-corrected chi connectivity index (χ3v) is 8.48. The Morgan fingerprint density at radius 3 is 2.48 bits per heavy atom. The van der Waals surface area contributed by atoms with Gasteiger partial charge in [-0.15, -0.1) is 0 Å². The van der Waals surface area contributed by atoms with Gasteiger partial charge in [-0.25, -0.2) is 0 Å². The summed E-state index contributed by atoms with van der Waals surface area (Å²) in [7, 11) is 0. The maximum atomic E-state index is 14.0. The Bertz CT molecular complexity index is 1460. The molecule has 3 aliphatic rings. The second-order valence-corrected chi connectivity index (χ2v) is 10.8. The molecule has 0 radical (unpaired) electrons. The third-order valence-electron chi connectivity index (χ3n) is 8.48. The molecular weight excluding hydrogens is 510 g/mol. The van der Waals surface area contributed by atoms with Crippen molar-refractivity contribution in [3.63, 3.8) is 0 Å². The number of hydrogen-bond acceptors (Lipinski definition) is 6. The number of benzene rings is 3. The molecule has 9 nitrogen and oxygen atoms in total. The van der Waals surface area contributed by atoms with E-state index in [1.165, 1.54) is 4.90 Å². The van der Waals surface area contributed by atoms with Gasteiger partial charge in [-0.1, -0.05) is 30.3 Å². The number of carbonyl (C=O) groups excluding carboxylic acids is 3. The van der Waals surface area contributed by atoms with Crippen LogP contribution in [-0.4, -0.2) is 64.7 Å². The maximum absolute atomic E-state index is 14.0. The molecule has 3 N–H and O–H groups in total. The Hall–Kier alpha value is -3.95. The molecule has 3 aromatic rings. The van der Waals surface area contributed by atoms with Crippen molar-refractivity contribution in [3.8, 4) is 5.75 Å². The molecule has 0 saturated carbocycles. The van der Waals surface area contributed by atoms with Gasteiger partial charge in [0.2, 0.25) is 17.7 Å². The lowest BCUT2D eigenvalue weighted by Crippen LogP contribution is -2.55. The van der Waals surface area contributed by atoms with E-state index >= 15 is 0 Å². The summed E-state index contributed by atoms with van der Waals surface area (Å²) in [6.07, 6.45) is 0.566. The molecule has 2 bridgehead atoms. The molecule has 3 aromatic carbocycles. The average Bonchev–Trinajstić information content (AvgIpc) is 3.61. The fraction of sp³-hybridized carbons (Fsp3) is 0.387. The Labute approximate surface area is 232 Å². The summed E-state index contributed by atoms with van der Waals surface area (Å²) in [6, 6.07) is 18.9. The summed E-state index contributed by atoms with van der Waals surface area (Å²) in [5, 5.41) is 18.0. The van der Waals surface area contributed by atoms with E-state index in [4.69, 9.17) is 9.47 Å². The number of ether oxygens (including phenoxy) is 2. The van der Waals surface area contributed by atoms with E-state index < -0.39 is 35.6 Å². The summed E-state index contributed by atoms with van der Waals surface area (Å²) >= 11 is 0. The van der Waals surface area contributed by atoms with Crippen molar-refractivity contribution in [2.45, 2.75) is 50.5 Å². The van der Waals surface area contributed by atoms with E-state index in [0.29, 0.717) is 36.6 Å². The van der Waals surface area contributed by atoms with E-state index in [9.17, 15) is 19.5 Å². The van der Waals surface area contributed by atoms with Crippen molar-refractivity contribution in [2.24, 2.45) is 11.8 Å². The van der Waals surface area contributed by atoms with Crippen LogP contribution in [0.25, 0.3) is 10.8 Å². The number of nitrogens with one attached hydrogen (secondary N) is 2. The van der Waals surface area contributed by atoms with Crippen LogP contribution in [0.15, 0.2) is 66.7 Å². The van der Waals surface area contributed by atoms with E-state index in [-0.39, 0.29) is 24.3 Å². The van der Waals surface area contributed by atoms with Crippen LogP contribution in [0.3, 0.4) is 0 Å². The van der Waals surface area contributed by atoms with Gasteiger partial charge >= 0.3 is 0 Å². The van der Waals surface area contributed by atoms with Crippen LogP contribution in [0, 0.1) is 11.8 Å². The van der Waals surface area contributed by atoms with Gasteiger partial charge in [-0.3, -0.25) is 14.4 Å². The van der Waals surface area contributed by atoms with Gasteiger partial charge in [0.25, 0.3) is 0 Å². The van der Waals surface area contributed by atoms with E-state index in [1.54, 1.807) is 31.2 Å². The second-order valence-electron chi connectivity index (χ2n) is 10.8. The molecule has 2 unspecified atom stereocenters. The van der Waals surface area contributed by atoms with Gasteiger partial charge in [0, 0.05) is 11.4 Å². The highest BCUT2D eigenvalue weighted by molar-refractivity contribution is 6.05. The topological polar surface area (TPSA) is 117 Å². The monoisotopic (exact) mass is 543 g/mol. The fourth-order valence-electron chi connectivity index (χ4n) is 6.76. The predicted molar refractivity (Wildman–Crippen MR) is 150 cm³/mol. The molecule has 6 rings (SSSR count). The van der Waals surface area contributed by atoms with E-state index in [0.717, 1.165) is 10.8 Å². The van der Waals surface area contributed by atoms with Crippen LogP contribution >= 0.6 is 0 Å². The Balaban J connectivity index is 1.29. The lowest BCUT2D eigenvalue weighted by atomic mass is 9.70. The van der Waals surface area contributed by atoms with Crippen LogP contribution in [0.1, 0.15) is 26.7 Å². The van der Waals surface area contributed by atoms with Crippen molar-refractivity contribution in [1.82, 2.24) is 4.90 Å². The molecule has 0 aliphatic carbocycles. The van der Waals surface area contributed by atoms with Crippen LogP contribution in [0.5, 0.6) is 5.75 Å². The van der Waals surface area contributed by atoms with Gasteiger partial charge < -0.3 is 30.1 Å². The van der Waals surface area contributed by atoms with Gasteiger partial charge in [-0.05, 0) is 73.9 Å². The summed E-state index contributed by atoms with van der Waals surface area (Å²) < 4.78 is 11.9. The number of aliphatic hydroxyl groups is 1. The number of rotatable bonds is 8. The number of aliphatic hydroxyl groups excluding tert-OH is 1. The highest BCUT2D eigenvalue weighted by Gasteiger charge is 2.74. The summed E-state index contributed by atoms with van der Waals surface area (Å²) in [5.41, 5.74) is 0.0410. The number of carbonyl (C=O) groups is 3. The molecule has 6 atom stereocenters. The van der Waals surface area contributed by atoms with Crippen LogP contribution in [0.4, 0.5) is 11.4 Å². The first-order chi connectivity index (χ1) is 19.4. The minimum absolute atomic E-state index is 0.318. The van der Waals surface area contributed by atoms with E-state index in [1.807, 2.05) is 49.4 Å². The molecule has 9 heteroatoms. The first-order valence-corrected chi connectivity index (χ1v) is 13.8. The normalized spacial score (nSPS) is 27.5. The average molecular weight is 544 g/mol. The fourth-order valence-corrected chi connectivity index (χ4v) is 6.76. The number of nitrogens with zero attached hydrogens (tertiary/aromatic N) is 1. The lowest BCUT2D eigenvalue weighted by Gasteiger charge is -2.35. The molecule has 208 valence electrons. The summed E-state index contributed by atoms with van der Waals surface area (Å²) in [5.74, 6) is -1.92. The number of fused-ring (bicyclic) bond motifs is 2. The van der Waals surface area contributed by atoms with Crippen molar-refractivity contribution >= 4 is 39.9 Å². The molecule has 3 saturated heterocycles. The number of anilines is 2. The molecule has 40 heavy (non-hydrogen) atoms. The minimum atomic E-state index is -1.15. The van der Waals surface area contributed by atoms with Crippen molar-refractivity contribution in [2.75, 3.05) is 23.8 Å². The molecule has 3 fully saturated rings. The molecule has 3 amide bonds. The van der Waals surface area contributed by atoms with Gasteiger partial charge in [0.05, 0.1) is 37.2 Å². The first kappa shape index (κ1) is 26.3. The third kappa shape index (κ3) is 4.20. The number of amides is 3. The van der Waals surface area contributed by atoms with Gasteiger partial charge in [0.15, 0.2) is 0 Å². The zero-order valence-electron chi connectivity index (χ0n) is 22.5. The standard InChI is InChI=1S/C31H33N3O6/c1-3-39-23-12-10-21(11-13-23)32-28(36)25-24-14-15-31(40-24)26(25)30(38)34(18(2)17-35)27(31)29(37)33-22-9-8-19-6-4-5-7-20(19)16-22/h4-13,16,18,24-27,35H,3,14-15,17H2,1-2H3,(H,32,36)(H,33,37)/t18-,24+,25-,26+,27?,31?/m1/s1. The molecular formula is C31H33N3O6. The Kier molecular flexibility index (Phi) is 6.72. The molecule has 3 heterocycles. The number of likely N-dealkylation sites (tertiary alicyclic amines) is 1. The largest absolute Gasteiger partial charge is 0.494 e. The Morgan fingerprint density at radius 2 is 1.75 bits per heavy atom. The zero-order chi connectivity index (χ0) is 28.0. The number of hydrogen-bond donors (Lipinski definition) is 3. The quantitative estimate of drug-likeness (QED) is 0.400. The summed E-state index contributed by atoms with van der Waals surface area (Å²) in [4.78, 5) is 42.9. The first-order valence-electron chi connectivity index (χ1n) is 13.8. The smallest absolute Gasteiger partial charge is 0.250 e. The SMILES string of the molecule is CCOc1ccc(NC(=O)[C@@H]2[C@@H]3CCC4(O3)C(C(=O)Nc3ccc5ccccc5c3)N([C@H](C)CO)C(=O)[C@H]24)cc1.